The average Bonchev–Trinajstić information content (AvgIpc) is 2.41. The number of hydrogen-bond donors (Lipinski definition) is 1. The molecule has 0 heterocycles. The van der Waals surface area contributed by atoms with Gasteiger partial charge < -0.3 is 5.32 Å². The summed E-state index contributed by atoms with van der Waals surface area (Å²) in [6.45, 7) is 4.44. The molecule has 1 unspecified atom stereocenters. The first-order valence-electron chi connectivity index (χ1n) is 6.80. The molecule has 0 radical (unpaired) electrons. The van der Waals surface area contributed by atoms with Crippen molar-refractivity contribution in [3.05, 3.63) is 68.6 Å². The normalized spacial score (nSPS) is 14.0. The van der Waals surface area contributed by atoms with Gasteiger partial charge in [-0.2, -0.15) is 0 Å². The third-order valence-corrected chi connectivity index (χ3v) is 4.36. The summed E-state index contributed by atoms with van der Waals surface area (Å²) in [5, 5.41) is 3.65. The van der Waals surface area contributed by atoms with E-state index in [0.29, 0.717) is 12.1 Å². The highest BCUT2D eigenvalue weighted by Gasteiger charge is 2.10. The van der Waals surface area contributed by atoms with Crippen LogP contribution in [0.3, 0.4) is 0 Å². The Hall–Kier alpha value is -0.640. The number of halogens is 2. The van der Waals surface area contributed by atoms with Crippen molar-refractivity contribution < 1.29 is 0 Å². The number of benzene rings is 2. The first kappa shape index (κ1) is 15.7. The summed E-state index contributed by atoms with van der Waals surface area (Å²) >= 11 is 6.99. The molecule has 0 saturated heterocycles. The van der Waals surface area contributed by atoms with Crippen LogP contribution >= 0.6 is 31.9 Å². The highest BCUT2D eigenvalue weighted by Crippen LogP contribution is 2.19. The average molecular weight is 397 g/mol. The number of hydrogen-bond acceptors (Lipinski definition) is 1. The molecule has 1 nitrogen and oxygen atoms in total. The fraction of sp³-hybridized carbons (Fsp3) is 0.294. The van der Waals surface area contributed by atoms with Crippen LogP contribution in [0.4, 0.5) is 0 Å². The second-order valence-corrected chi connectivity index (χ2v) is 7.01. The van der Waals surface area contributed by atoms with Crippen LogP contribution in [0.1, 0.15) is 31.0 Å². The van der Waals surface area contributed by atoms with Crippen molar-refractivity contribution in [3.63, 3.8) is 0 Å². The zero-order chi connectivity index (χ0) is 14.5. The van der Waals surface area contributed by atoms with Crippen LogP contribution in [-0.4, -0.2) is 6.04 Å². The molecule has 0 spiro atoms. The predicted molar refractivity (Wildman–Crippen MR) is 93.0 cm³/mol. The van der Waals surface area contributed by atoms with Crippen LogP contribution in [0.25, 0.3) is 0 Å². The molecule has 3 heteroatoms. The van der Waals surface area contributed by atoms with Gasteiger partial charge in [-0.1, -0.05) is 56.1 Å². The van der Waals surface area contributed by atoms with Gasteiger partial charge in [0.1, 0.15) is 0 Å². The molecule has 0 bridgehead atoms. The molecule has 2 rings (SSSR count). The molecule has 0 aliphatic heterocycles. The van der Waals surface area contributed by atoms with Gasteiger partial charge in [0.2, 0.25) is 0 Å². The molecule has 2 atom stereocenters. The summed E-state index contributed by atoms with van der Waals surface area (Å²) in [5.41, 5.74) is 2.66. The maximum Gasteiger partial charge on any atom is 0.0294 e. The van der Waals surface area contributed by atoms with E-state index in [0.717, 1.165) is 15.4 Å². The zero-order valence-corrected chi connectivity index (χ0v) is 14.9. The maximum absolute atomic E-state index is 3.65. The van der Waals surface area contributed by atoms with Crippen LogP contribution in [0.15, 0.2) is 57.5 Å². The summed E-state index contributed by atoms with van der Waals surface area (Å²) < 4.78 is 2.26. The van der Waals surface area contributed by atoms with E-state index in [-0.39, 0.29) is 0 Å². The molecule has 0 saturated carbocycles. The lowest BCUT2D eigenvalue weighted by molar-refractivity contribution is 0.477. The van der Waals surface area contributed by atoms with Crippen LogP contribution in [-0.2, 0) is 6.42 Å². The Morgan fingerprint density at radius 1 is 0.950 bits per heavy atom. The van der Waals surface area contributed by atoms with Crippen LogP contribution in [0, 0.1) is 0 Å². The van der Waals surface area contributed by atoms with E-state index in [1.165, 1.54) is 11.1 Å². The van der Waals surface area contributed by atoms with Gasteiger partial charge in [-0.05, 0) is 55.7 Å². The lowest BCUT2D eigenvalue weighted by atomic mass is 10.0. The Labute approximate surface area is 138 Å². The van der Waals surface area contributed by atoms with Gasteiger partial charge in [0, 0.05) is 21.0 Å². The fourth-order valence-corrected chi connectivity index (χ4v) is 3.01. The van der Waals surface area contributed by atoms with Crippen LogP contribution < -0.4 is 5.32 Å². The summed E-state index contributed by atoms with van der Waals surface area (Å²) in [5.74, 6) is 0. The monoisotopic (exact) mass is 395 g/mol. The van der Waals surface area contributed by atoms with E-state index in [1.807, 2.05) is 0 Å². The molecule has 2 aromatic carbocycles. The molecule has 0 aromatic heterocycles. The van der Waals surface area contributed by atoms with E-state index in [9.17, 15) is 0 Å². The van der Waals surface area contributed by atoms with Gasteiger partial charge >= 0.3 is 0 Å². The van der Waals surface area contributed by atoms with Crippen molar-refractivity contribution in [1.82, 2.24) is 5.32 Å². The Morgan fingerprint density at radius 3 is 2.30 bits per heavy atom. The van der Waals surface area contributed by atoms with Gasteiger partial charge in [-0.25, -0.2) is 0 Å². The molecule has 0 amide bonds. The van der Waals surface area contributed by atoms with Crippen molar-refractivity contribution in [2.24, 2.45) is 0 Å². The molecular formula is C17H19Br2N. The van der Waals surface area contributed by atoms with Gasteiger partial charge in [-0.15, -0.1) is 0 Å². The predicted octanol–water partition coefficient (Wildman–Crippen LogP) is 5.49. The van der Waals surface area contributed by atoms with Crippen molar-refractivity contribution in [1.29, 1.82) is 0 Å². The second kappa shape index (κ2) is 7.39. The Balaban J connectivity index is 1.93. The lowest BCUT2D eigenvalue weighted by Gasteiger charge is -2.20. The van der Waals surface area contributed by atoms with Crippen molar-refractivity contribution >= 4 is 31.9 Å². The SMILES string of the molecule is CC(Cc1ccc(Br)cc1)N[C@H](C)c1cccc(Br)c1. The maximum atomic E-state index is 3.65. The Morgan fingerprint density at radius 2 is 1.65 bits per heavy atom. The molecule has 2 aromatic rings. The third-order valence-electron chi connectivity index (χ3n) is 3.34. The van der Waals surface area contributed by atoms with Crippen LogP contribution in [0.2, 0.25) is 0 Å². The summed E-state index contributed by atoms with van der Waals surface area (Å²) in [6, 6.07) is 17.8. The number of rotatable bonds is 5. The van der Waals surface area contributed by atoms with E-state index < -0.39 is 0 Å². The first-order valence-corrected chi connectivity index (χ1v) is 8.39. The minimum atomic E-state index is 0.345. The molecule has 20 heavy (non-hydrogen) atoms. The molecule has 0 fully saturated rings. The minimum absolute atomic E-state index is 0.345. The molecule has 1 N–H and O–H groups in total. The van der Waals surface area contributed by atoms with E-state index in [2.05, 4.69) is 99.6 Å². The van der Waals surface area contributed by atoms with E-state index in [1.54, 1.807) is 0 Å². The van der Waals surface area contributed by atoms with Gasteiger partial charge in [0.05, 0.1) is 0 Å². The molecule has 0 aliphatic rings. The zero-order valence-electron chi connectivity index (χ0n) is 11.7. The molecular weight excluding hydrogens is 378 g/mol. The molecule has 0 aliphatic carbocycles. The third kappa shape index (κ3) is 4.72. The van der Waals surface area contributed by atoms with Gasteiger partial charge in [-0.3, -0.25) is 0 Å². The fourth-order valence-electron chi connectivity index (χ4n) is 2.33. The molecule has 106 valence electrons. The highest BCUT2D eigenvalue weighted by molar-refractivity contribution is 9.10. The smallest absolute Gasteiger partial charge is 0.0294 e. The second-order valence-electron chi connectivity index (χ2n) is 5.17. The topological polar surface area (TPSA) is 12.0 Å². The van der Waals surface area contributed by atoms with Crippen molar-refractivity contribution in [3.8, 4) is 0 Å². The van der Waals surface area contributed by atoms with Gasteiger partial charge in [0.15, 0.2) is 0 Å². The Kier molecular flexibility index (Phi) is 5.82. The number of nitrogens with one attached hydrogen (secondary N) is 1. The summed E-state index contributed by atoms with van der Waals surface area (Å²) in [4.78, 5) is 0. The largest absolute Gasteiger partial charge is 0.307 e. The Bertz CT molecular complexity index is 551. The quantitative estimate of drug-likeness (QED) is 0.704. The first-order chi connectivity index (χ1) is 9.54. The van der Waals surface area contributed by atoms with Gasteiger partial charge in [0.25, 0.3) is 0 Å². The van der Waals surface area contributed by atoms with Crippen molar-refractivity contribution in [2.45, 2.75) is 32.4 Å². The van der Waals surface area contributed by atoms with Crippen molar-refractivity contribution in [2.75, 3.05) is 0 Å². The standard InChI is InChI=1S/C17H19Br2N/c1-12(10-14-6-8-16(18)9-7-14)20-13(2)15-4-3-5-17(19)11-15/h3-9,11-13,20H,10H2,1-2H3/t12?,13-/m1/s1. The van der Waals surface area contributed by atoms with Crippen LogP contribution in [0.5, 0.6) is 0 Å². The van der Waals surface area contributed by atoms with E-state index >= 15 is 0 Å². The highest BCUT2D eigenvalue weighted by atomic mass is 79.9. The minimum Gasteiger partial charge on any atom is -0.307 e. The van der Waals surface area contributed by atoms with E-state index in [4.69, 9.17) is 0 Å². The lowest BCUT2D eigenvalue weighted by Crippen LogP contribution is -2.30. The summed E-state index contributed by atoms with van der Waals surface area (Å²) in [7, 11) is 0. The summed E-state index contributed by atoms with van der Waals surface area (Å²) in [6.07, 6.45) is 1.03.